The van der Waals surface area contributed by atoms with Crippen LogP contribution in [0.25, 0.3) is 10.8 Å². The van der Waals surface area contributed by atoms with Crippen LogP contribution < -0.4 is 5.32 Å². The molecule has 0 heterocycles. The lowest BCUT2D eigenvalue weighted by atomic mass is 9.99. The smallest absolute Gasteiger partial charge is 0.303 e. The van der Waals surface area contributed by atoms with E-state index in [0.29, 0.717) is 5.56 Å². The Morgan fingerprint density at radius 3 is 2.64 bits per heavy atom. The summed E-state index contributed by atoms with van der Waals surface area (Å²) in [6, 6.07) is 20.1. The average molecular weight is 379 g/mol. The van der Waals surface area contributed by atoms with Crippen LogP contribution >= 0.6 is 0 Å². The molecular weight excluding hydrogens is 353 g/mol. The third kappa shape index (κ3) is 5.17. The van der Waals surface area contributed by atoms with Crippen molar-refractivity contribution in [3.05, 3.63) is 83.2 Å². The zero-order valence-electron chi connectivity index (χ0n) is 16.1. The fraction of sp³-hybridized carbons (Fsp3) is 0.292. The zero-order chi connectivity index (χ0) is 19.9. The number of rotatable bonds is 9. The first-order valence-corrected chi connectivity index (χ1v) is 9.75. The SMILES string of the molecule is C[C@@H](NCCCc1ccc(CCC(=O)O)c(F)c1)c1cccc2ccccc12. The predicted octanol–water partition coefficient (Wildman–Crippen LogP) is 5.28. The number of aliphatic carboxylic acids is 1. The molecule has 0 unspecified atom stereocenters. The molecule has 3 aromatic carbocycles. The van der Waals surface area contributed by atoms with Gasteiger partial charge in [0.2, 0.25) is 0 Å². The molecule has 3 nitrogen and oxygen atoms in total. The summed E-state index contributed by atoms with van der Waals surface area (Å²) < 4.78 is 14.1. The molecule has 0 aliphatic rings. The number of hydrogen-bond acceptors (Lipinski definition) is 2. The van der Waals surface area contributed by atoms with E-state index >= 15 is 0 Å². The number of fused-ring (bicyclic) bond motifs is 1. The fourth-order valence-electron chi connectivity index (χ4n) is 3.54. The summed E-state index contributed by atoms with van der Waals surface area (Å²) in [4.78, 5) is 10.6. The van der Waals surface area contributed by atoms with Crippen LogP contribution in [0.5, 0.6) is 0 Å². The number of carboxylic acids is 1. The molecule has 2 N–H and O–H groups in total. The van der Waals surface area contributed by atoms with Crippen LogP contribution in [0.15, 0.2) is 60.7 Å². The third-order valence-corrected chi connectivity index (χ3v) is 5.11. The number of benzene rings is 3. The van der Waals surface area contributed by atoms with E-state index in [2.05, 4.69) is 54.7 Å². The van der Waals surface area contributed by atoms with Gasteiger partial charge in [0.25, 0.3) is 0 Å². The van der Waals surface area contributed by atoms with E-state index in [1.165, 1.54) is 22.4 Å². The van der Waals surface area contributed by atoms with Crippen molar-refractivity contribution in [3.8, 4) is 0 Å². The minimum atomic E-state index is -0.908. The molecule has 0 fully saturated rings. The highest BCUT2D eigenvalue weighted by atomic mass is 19.1. The monoisotopic (exact) mass is 379 g/mol. The maximum Gasteiger partial charge on any atom is 0.303 e. The topological polar surface area (TPSA) is 49.3 Å². The first-order valence-electron chi connectivity index (χ1n) is 9.75. The summed E-state index contributed by atoms with van der Waals surface area (Å²) in [6.07, 6.45) is 1.87. The predicted molar refractivity (Wildman–Crippen MR) is 111 cm³/mol. The van der Waals surface area contributed by atoms with Gasteiger partial charge >= 0.3 is 5.97 Å². The van der Waals surface area contributed by atoms with E-state index in [-0.39, 0.29) is 24.7 Å². The lowest BCUT2D eigenvalue weighted by molar-refractivity contribution is -0.136. The summed E-state index contributed by atoms with van der Waals surface area (Å²) in [7, 11) is 0. The van der Waals surface area contributed by atoms with Gasteiger partial charge in [0.15, 0.2) is 0 Å². The number of halogens is 1. The second-order valence-corrected chi connectivity index (χ2v) is 7.17. The molecule has 0 radical (unpaired) electrons. The third-order valence-electron chi connectivity index (χ3n) is 5.11. The molecule has 0 amide bonds. The molecule has 0 spiro atoms. The number of carbonyl (C=O) groups is 1. The van der Waals surface area contributed by atoms with Gasteiger partial charge in [0.05, 0.1) is 0 Å². The van der Waals surface area contributed by atoms with Crippen LogP contribution in [-0.2, 0) is 17.6 Å². The van der Waals surface area contributed by atoms with E-state index in [1.54, 1.807) is 6.07 Å². The quantitative estimate of drug-likeness (QED) is 0.497. The second kappa shape index (κ2) is 9.47. The molecule has 3 aromatic rings. The molecule has 0 saturated carbocycles. The largest absolute Gasteiger partial charge is 0.481 e. The molecule has 0 aromatic heterocycles. The molecule has 3 rings (SSSR count). The summed E-state index contributed by atoms with van der Waals surface area (Å²) in [5.41, 5.74) is 2.69. The highest BCUT2D eigenvalue weighted by Gasteiger charge is 2.09. The van der Waals surface area contributed by atoms with Gasteiger partial charge in [-0.05, 0) is 66.3 Å². The van der Waals surface area contributed by atoms with Crippen molar-refractivity contribution < 1.29 is 14.3 Å². The Morgan fingerprint density at radius 2 is 1.86 bits per heavy atom. The Balaban J connectivity index is 1.51. The molecule has 4 heteroatoms. The summed E-state index contributed by atoms with van der Waals surface area (Å²) in [6.45, 7) is 3.01. The molecule has 0 bridgehead atoms. The first-order chi connectivity index (χ1) is 13.5. The van der Waals surface area contributed by atoms with Crippen molar-refractivity contribution in [1.29, 1.82) is 0 Å². The first kappa shape index (κ1) is 20.0. The highest BCUT2D eigenvalue weighted by Crippen LogP contribution is 2.24. The van der Waals surface area contributed by atoms with Crippen molar-refractivity contribution in [1.82, 2.24) is 5.32 Å². The minimum Gasteiger partial charge on any atom is -0.481 e. The van der Waals surface area contributed by atoms with E-state index in [1.807, 2.05) is 6.07 Å². The van der Waals surface area contributed by atoms with Gasteiger partial charge in [-0.15, -0.1) is 0 Å². The summed E-state index contributed by atoms with van der Waals surface area (Å²) in [5, 5.41) is 14.8. The van der Waals surface area contributed by atoms with Gasteiger partial charge in [-0.3, -0.25) is 4.79 Å². The number of hydrogen-bond donors (Lipinski definition) is 2. The Morgan fingerprint density at radius 1 is 1.07 bits per heavy atom. The average Bonchev–Trinajstić information content (AvgIpc) is 2.69. The molecule has 0 aliphatic heterocycles. The van der Waals surface area contributed by atoms with E-state index < -0.39 is 5.97 Å². The zero-order valence-corrected chi connectivity index (χ0v) is 16.1. The van der Waals surface area contributed by atoms with Crippen LogP contribution in [0, 0.1) is 5.82 Å². The normalized spacial score (nSPS) is 12.2. The fourth-order valence-corrected chi connectivity index (χ4v) is 3.54. The van der Waals surface area contributed by atoms with Crippen LogP contribution in [0.4, 0.5) is 4.39 Å². The Hall–Kier alpha value is -2.72. The summed E-state index contributed by atoms with van der Waals surface area (Å²) in [5.74, 6) is -1.22. The Labute approximate surface area is 165 Å². The van der Waals surface area contributed by atoms with Crippen LogP contribution in [0.3, 0.4) is 0 Å². The molecule has 0 saturated heterocycles. The Kier molecular flexibility index (Phi) is 6.77. The van der Waals surface area contributed by atoms with Gasteiger partial charge in [-0.2, -0.15) is 0 Å². The second-order valence-electron chi connectivity index (χ2n) is 7.17. The molecule has 1 atom stereocenters. The van der Waals surface area contributed by atoms with Gasteiger partial charge in [-0.25, -0.2) is 4.39 Å². The summed E-state index contributed by atoms with van der Waals surface area (Å²) >= 11 is 0. The maximum atomic E-state index is 14.1. The van der Waals surface area contributed by atoms with Crippen LogP contribution in [0.2, 0.25) is 0 Å². The lowest BCUT2D eigenvalue weighted by Gasteiger charge is -2.16. The highest BCUT2D eigenvalue weighted by molar-refractivity contribution is 5.86. The van der Waals surface area contributed by atoms with Crippen LogP contribution in [-0.4, -0.2) is 17.6 Å². The van der Waals surface area contributed by atoms with Crippen molar-refractivity contribution in [2.75, 3.05) is 6.54 Å². The van der Waals surface area contributed by atoms with Gasteiger partial charge in [0, 0.05) is 12.5 Å². The molecule has 28 heavy (non-hydrogen) atoms. The number of carboxylic acid groups (broad SMARTS) is 1. The van der Waals surface area contributed by atoms with Gasteiger partial charge < -0.3 is 10.4 Å². The van der Waals surface area contributed by atoms with Crippen molar-refractivity contribution in [2.45, 2.75) is 38.6 Å². The maximum absolute atomic E-state index is 14.1. The molecule has 0 aliphatic carbocycles. The number of aryl methyl sites for hydroxylation is 2. The van der Waals surface area contributed by atoms with E-state index in [9.17, 15) is 9.18 Å². The Bertz CT molecular complexity index is 949. The standard InChI is InChI=1S/C24H26FNO2/c1-17(21-10-4-8-19-7-2-3-9-22(19)21)26-15-5-6-18-11-12-20(23(25)16-18)13-14-24(27)28/h2-4,7-12,16-17,26H,5-6,13-15H2,1H3,(H,27,28)/t17-/m1/s1. The number of nitrogens with one attached hydrogen (secondary N) is 1. The van der Waals surface area contributed by atoms with E-state index in [4.69, 9.17) is 5.11 Å². The van der Waals surface area contributed by atoms with Gasteiger partial charge in [0.1, 0.15) is 5.82 Å². The molecular formula is C24H26FNO2. The van der Waals surface area contributed by atoms with Crippen LogP contribution in [0.1, 0.15) is 42.5 Å². The molecule has 146 valence electrons. The minimum absolute atomic E-state index is 0.0494. The van der Waals surface area contributed by atoms with Crippen molar-refractivity contribution in [3.63, 3.8) is 0 Å². The lowest BCUT2D eigenvalue weighted by Crippen LogP contribution is -2.20. The van der Waals surface area contributed by atoms with Gasteiger partial charge in [-0.1, -0.05) is 54.6 Å². The van der Waals surface area contributed by atoms with E-state index in [0.717, 1.165) is 24.9 Å². The van der Waals surface area contributed by atoms with Crippen molar-refractivity contribution in [2.24, 2.45) is 0 Å². The van der Waals surface area contributed by atoms with Crippen molar-refractivity contribution >= 4 is 16.7 Å².